The summed E-state index contributed by atoms with van der Waals surface area (Å²) in [5, 5.41) is 0. The van der Waals surface area contributed by atoms with Gasteiger partial charge in [-0.15, -0.1) is 0 Å². The van der Waals surface area contributed by atoms with Crippen LogP contribution < -0.4 is 0 Å². The molecule has 1 aromatic rings. The molecule has 1 aromatic carbocycles. The number of benzene rings is 1. The molecule has 0 saturated carbocycles. The average Bonchev–Trinajstić information content (AvgIpc) is 3.06. The Bertz CT molecular complexity index is 446. The number of unbranched alkanes of at least 4 members (excludes halogenated alkanes) is 5. The molecule has 2 rings (SSSR count). The molecule has 1 fully saturated rings. The number of hydrogen-bond acceptors (Lipinski definition) is 4. The Morgan fingerprint density at radius 2 is 1.78 bits per heavy atom. The van der Waals surface area contributed by atoms with Gasteiger partial charge in [-0.2, -0.15) is 0 Å². The predicted molar refractivity (Wildman–Crippen MR) is 89.0 cm³/mol. The molecule has 4 nitrogen and oxygen atoms in total. The lowest BCUT2D eigenvalue weighted by molar-refractivity contribution is -0.140. The van der Waals surface area contributed by atoms with Crippen LogP contribution in [0, 0.1) is 0 Å². The largest absolute Gasteiger partial charge is 0.469 e. The van der Waals surface area contributed by atoms with Gasteiger partial charge in [0.05, 0.1) is 13.7 Å². The van der Waals surface area contributed by atoms with E-state index in [0.29, 0.717) is 13.0 Å². The third-order valence-corrected chi connectivity index (χ3v) is 4.22. The van der Waals surface area contributed by atoms with E-state index in [2.05, 4.69) is 16.9 Å². The van der Waals surface area contributed by atoms with E-state index < -0.39 is 0 Å². The zero-order chi connectivity index (χ0) is 16.3. The van der Waals surface area contributed by atoms with Crippen molar-refractivity contribution in [2.45, 2.75) is 63.8 Å². The van der Waals surface area contributed by atoms with Crippen LogP contribution in [0.4, 0.5) is 0 Å². The summed E-state index contributed by atoms with van der Waals surface area (Å²) in [5.41, 5.74) is 1.20. The van der Waals surface area contributed by atoms with Gasteiger partial charge in [0, 0.05) is 6.42 Å². The molecule has 0 amide bonds. The van der Waals surface area contributed by atoms with Gasteiger partial charge < -0.3 is 14.2 Å². The van der Waals surface area contributed by atoms with Gasteiger partial charge in [-0.05, 0) is 24.8 Å². The summed E-state index contributed by atoms with van der Waals surface area (Å²) < 4.78 is 16.3. The second kappa shape index (κ2) is 10.4. The van der Waals surface area contributed by atoms with Crippen LogP contribution >= 0.6 is 0 Å². The molecule has 23 heavy (non-hydrogen) atoms. The molecule has 1 heterocycles. The van der Waals surface area contributed by atoms with Crippen LogP contribution in [0.5, 0.6) is 0 Å². The van der Waals surface area contributed by atoms with E-state index in [9.17, 15) is 4.79 Å². The molecule has 128 valence electrons. The minimum atomic E-state index is -0.103. The van der Waals surface area contributed by atoms with Crippen molar-refractivity contribution >= 4 is 5.97 Å². The Hall–Kier alpha value is -1.39. The molecular formula is C19H28O4. The molecule has 2 unspecified atom stereocenters. The number of methoxy groups -OCH3 is 1. The number of esters is 1. The summed E-state index contributed by atoms with van der Waals surface area (Å²) >= 11 is 0. The molecule has 0 radical (unpaired) electrons. The van der Waals surface area contributed by atoms with E-state index >= 15 is 0 Å². The fraction of sp³-hybridized carbons (Fsp3) is 0.632. The second-order valence-electron chi connectivity index (χ2n) is 6.03. The van der Waals surface area contributed by atoms with E-state index in [4.69, 9.17) is 9.47 Å². The monoisotopic (exact) mass is 320 g/mol. The van der Waals surface area contributed by atoms with Crippen LogP contribution in [0.2, 0.25) is 0 Å². The molecule has 0 bridgehead atoms. The maximum absolute atomic E-state index is 11.0. The molecule has 1 saturated heterocycles. The third kappa shape index (κ3) is 6.71. The van der Waals surface area contributed by atoms with Crippen molar-refractivity contribution in [2.24, 2.45) is 0 Å². The first-order valence-electron chi connectivity index (χ1n) is 8.68. The summed E-state index contributed by atoms with van der Waals surface area (Å²) in [6.07, 6.45) is 8.26. The van der Waals surface area contributed by atoms with Crippen molar-refractivity contribution in [1.29, 1.82) is 0 Å². The Balaban J connectivity index is 1.47. The van der Waals surface area contributed by atoms with Gasteiger partial charge in [-0.25, -0.2) is 0 Å². The molecule has 0 spiro atoms. The van der Waals surface area contributed by atoms with E-state index in [1.807, 2.05) is 18.2 Å². The summed E-state index contributed by atoms with van der Waals surface area (Å²) in [6.45, 7) is 0.655. The molecule has 1 aliphatic heterocycles. The van der Waals surface area contributed by atoms with Crippen LogP contribution in [0.15, 0.2) is 30.3 Å². The van der Waals surface area contributed by atoms with Gasteiger partial charge >= 0.3 is 5.97 Å². The highest BCUT2D eigenvalue weighted by atomic mass is 16.7. The topological polar surface area (TPSA) is 44.8 Å². The Morgan fingerprint density at radius 3 is 2.52 bits per heavy atom. The number of carbonyl (C=O) groups excluding carboxylic acids is 1. The third-order valence-electron chi connectivity index (χ3n) is 4.22. The van der Waals surface area contributed by atoms with E-state index in [-0.39, 0.29) is 18.4 Å². The lowest BCUT2D eigenvalue weighted by Gasteiger charge is -2.11. The van der Waals surface area contributed by atoms with E-state index in [1.54, 1.807) is 0 Å². The van der Waals surface area contributed by atoms with Crippen molar-refractivity contribution in [3.63, 3.8) is 0 Å². The summed E-state index contributed by atoms with van der Waals surface area (Å²) in [6, 6.07) is 10.3. The SMILES string of the molecule is COC(=O)CCCCCCCCC1OCC(c2ccccc2)O1. The fourth-order valence-corrected chi connectivity index (χ4v) is 2.84. The van der Waals surface area contributed by atoms with Gasteiger partial charge in [0.25, 0.3) is 0 Å². The maximum atomic E-state index is 11.0. The number of rotatable bonds is 10. The van der Waals surface area contributed by atoms with Crippen LogP contribution in [-0.4, -0.2) is 26.0 Å². The van der Waals surface area contributed by atoms with Crippen LogP contribution in [-0.2, 0) is 19.0 Å². The lowest BCUT2D eigenvalue weighted by atomic mass is 10.1. The quantitative estimate of drug-likeness (QED) is 0.473. The van der Waals surface area contributed by atoms with Crippen molar-refractivity contribution in [2.75, 3.05) is 13.7 Å². The molecule has 2 atom stereocenters. The second-order valence-corrected chi connectivity index (χ2v) is 6.03. The number of ether oxygens (including phenoxy) is 3. The number of carbonyl (C=O) groups is 1. The van der Waals surface area contributed by atoms with E-state index in [0.717, 1.165) is 25.7 Å². The van der Waals surface area contributed by atoms with Crippen molar-refractivity contribution < 1.29 is 19.0 Å². The van der Waals surface area contributed by atoms with Crippen molar-refractivity contribution in [3.05, 3.63) is 35.9 Å². The molecular weight excluding hydrogens is 292 g/mol. The number of hydrogen-bond donors (Lipinski definition) is 0. The smallest absolute Gasteiger partial charge is 0.305 e. The first-order valence-corrected chi connectivity index (χ1v) is 8.68. The molecule has 1 aliphatic rings. The van der Waals surface area contributed by atoms with Crippen molar-refractivity contribution in [3.8, 4) is 0 Å². The maximum Gasteiger partial charge on any atom is 0.305 e. The summed E-state index contributed by atoms with van der Waals surface area (Å²) in [5.74, 6) is -0.103. The Morgan fingerprint density at radius 1 is 1.09 bits per heavy atom. The van der Waals surface area contributed by atoms with Crippen molar-refractivity contribution in [1.82, 2.24) is 0 Å². The average molecular weight is 320 g/mol. The van der Waals surface area contributed by atoms with E-state index in [1.165, 1.54) is 31.9 Å². The van der Waals surface area contributed by atoms with Gasteiger partial charge in [0.2, 0.25) is 0 Å². The van der Waals surface area contributed by atoms with Crippen LogP contribution in [0.1, 0.15) is 63.0 Å². The van der Waals surface area contributed by atoms with Gasteiger partial charge in [0.1, 0.15) is 6.10 Å². The Kier molecular flexibility index (Phi) is 8.12. The Labute approximate surface area is 139 Å². The standard InChI is InChI=1S/C19H28O4/c1-21-18(20)13-9-4-2-3-5-10-14-19-22-15-17(23-19)16-11-7-6-8-12-16/h6-8,11-12,17,19H,2-5,9-10,13-15H2,1H3. The molecule has 0 N–H and O–H groups in total. The van der Waals surface area contributed by atoms with Gasteiger partial charge in [0.15, 0.2) is 6.29 Å². The zero-order valence-corrected chi connectivity index (χ0v) is 14.0. The molecule has 0 aromatic heterocycles. The van der Waals surface area contributed by atoms with Gasteiger partial charge in [-0.3, -0.25) is 4.79 Å². The first-order chi connectivity index (χ1) is 11.3. The molecule has 4 heteroatoms. The fourth-order valence-electron chi connectivity index (χ4n) is 2.84. The zero-order valence-electron chi connectivity index (χ0n) is 14.0. The highest BCUT2D eigenvalue weighted by Crippen LogP contribution is 2.28. The van der Waals surface area contributed by atoms with Crippen LogP contribution in [0.3, 0.4) is 0 Å². The molecule has 0 aliphatic carbocycles. The minimum Gasteiger partial charge on any atom is -0.469 e. The predicted octanol–water partition coefficient (Wildman–Crippen LogP) is 4.39. The highest BCUT2D eigenvalue weighted by Gasteiger charge is 2.26. The lowest BCUT2D eigenvalue weighted by Crippen LogP contribution is -2.07. The summed E-state index contributed by atoms with van der Waals surface area (Å²) in [7, 11) is 1.44. The minimum absolute atomic E-state index is 0.0560. The normalized spacial score (nSPS) is 20.6. The van der Waals surface area contributed by atoms with Gasteiger partial charge in [-0.1, -0.05) is 56.0 Å². The van der Waals surface area contributed by atoms with Crippen LogP contribution in [0.25, 0.3) is 0 Å². The summed E-state index contributed by atoms with van der Waals surface area (Å²) in [4.78, 5) is 11.0. The highest BCUT2D eigenvalue weighted by molar-refractivity contribution is 5.68. The first kappa shape index (κ1) is 18.0.